The van der Waals surface area contributed by atoms with E-state index >= 15 is 0 Å². The van der Waals surface area contributed by atoms with Gasteiger partial charge in [0.15, 0.2) is 5.17 Å². The van der Waals surface area contributed by atoms with Crippen molar-refractivity contribution in [2.75, 3.05) is 21.3 Å². The molecule has 0 unspecified atom stereocenters. The number of aromatic nitrogens is 1. The van der Waals surface area contributed by atoms with Crippen LogP contribution in [-0.2, 0) is 9.53 Å². The molecular weight excluding hydrogens is 426 g/mol. The average Bonchev–Trinajstić information content (AvgIpc) is 3.39. The number of hydrogen-bond donors (Lipinski definition) is 0. The van der Waals surface area contributed by atoms with E-state index in [1.54, 1.807) is 38.4 Å². The quantitative estimate of drug-likeness (QED) is 0.425. The Balaban J connectivity index is 1.59. The van der Waals surface area contributed by atoms with Gasteiger partial charge in [-0.05, 0) is 78.5 Å². The van der Waals surface area contributed by atoms with Crippen molar-refractivity contribution in [1.82, 2.24) is 9.47 Å². The zero-order valence-electron chi connectivity index (χ0n) is 17.8. The molecule has 1 saturated heterocycles. The fraction of sp³-hybridized carbons (Fsp3) is 0.125. The lowest BCUT2D eigenvalue weighted by molar-refractivity contribution is -0.121. The molecule has 3 aromatic rings. The molecule has 162 valence electrons. The van der Waals surface area contributed by atoms with Crippen LogP contribution >= 0.6 is 11.8 Å². The van der Waals surface area contributed by atoms with Gasteiger partial charge in [0, 0.05) is 24.6 Å². The molecule has 1 fully saturated rings. The van der Waals surface area contributed by atoms with Gasteiger partial charge in [-0.3, -0.25) is 9.69 Å². The van der Waals surface area contributed by atoms with Crippen molar-refractivity contribution in [1.29, 1.82) is 0 Å². The summed E-state index contributed by atoms with van der Waals surface area (Å²) in [7, 11) is 4.66. The lowest BCUT2D eigenvalue weighted by atomic mass is 10.2. The summed E-state index contributed by atoms with van der Waals surface area (Å²) in [6.45, 7) is 0. The zero-order valence-corrected chi connectivity index (χ0v) is 18.6. The second-order valence-electron chi connectivity index (χ2n) is 6.91. The Morgan fingerprint density at radius 3 is 2.41 bits per heavy atom. The average molecular weight is 448 g/mol. The van der Waals surface area contributed by atoms with Crippen LogP contribution < -0.4 is 4.74 Å². The van der Waals surface area contributed by atoms with E-state index in [4.69, 9.17) is 9.47 Å². The number of carbonyl (C=O) groups is 2. The van der Waals surface area contributed by atoms with E-state index in [1.807, 2.05) is 53.2 Å². The lowest BCUT2D eigenvalue weighted by Crippen LogP contribution is -2.23. The van der Waals surface area contributed by atoms with Crippen molar-refractivity contribution in [3.8, 4) is 11.4 Å². The predicted molar refractivity (Wildman–Crippen MR) is 126 cm³/mol. The molecule has 0 spiro atoms. The number of benzene rings is 2. The molecule has 0 radical (unpaired) electrons. The molecule has 2 aromatic carbocycles. The number of thioether (sulfide) groups is 1. The summed E-state index contributed by atoms with van der Waals surface area (Å²) < 4.78 is 11.9. The molecule has 0 atom stereocenters. The van der Waals surface area contributed by atoms with Gasteiger partial charge in [-0.15, -0.1) is 0 Å². The Bertz CT molecular complexity index is 1210. The topological polar surface area (TPSA) is 73.1 Å². The minimum Gasteiger partial charge on any atom is -0.497 e. The number of amidine groups is 1. The molecule has 2 heterocycles. The monoisotopic (exact) mass is 447 g/mol. The molecule has 32 heavy (non-hydrogen) atoms. The zero-order chi connectivity index (χ0) is 22.7. The van der Waals surface area contributed by atoms with Gasteiger partial charge in [0.1, 0.15) is 5.75 Å². The fourth-order valence-corrected chi connectivity index (χ4v) is 4.15. The molecule has 7 nitrogen and oxygen atoms in total. The van der Waals surface area contributed by atoms with E-state index in [2.05, 4.69) is 4.99 Å². The number of carbonyl (C=O) groups excluding carboxylic acids is 2. The van der Waals surface area contributed by atoms with Crippen molar-refractivity contribution in [3.05, 3.63) is 83.0 Å². The maximum atomic E-state index is 12.8. The van der Waals surface area contributed by atoms with Gasteiger partial charge in [0.25, 0.3) is 5.91 Å². The Hall–Kier alpha value is -3.78. The molecular formula is C24H21N3O4S. The minimum absolute atomic E-state index is 0.123. The summed E-state index contributed by atoms with van der Waals surface area (Å²) in [6, 6.07) is 18.3. The normalized spacial score (nSPS) is 16.1. The lowest BCUT2D eigenvalue weighted by Gasteiger charge is -2.08. The van der Waals surface area contributed by atoms with Gasteiger partial charge >= 0.3 is 5.97 Å². The van der Waals surface area contributed by atoms with Crippen LogP contribution in [0.5, 0.6) is 5.75 Å². The molecule has 1 amide bonds. The van der Waals surface area contributed by atoms with Gasteiger partial charge in [-0.2, -0.15) is 0 Å². The molecule has 8 heteroatoms. The number of likely N-dealkylation sites (N-methyl/N-ethyl adjacent to an activating group) is 1. The third kappa shape index (κ3) is 4.31. The van der Waals surface area contributed by atoms with Gasteiger partial charge < -0.3 is 14.0 Å². The molecule has 1 aliphatic heterocycles. The highest BCUT2D eigenvalue weighted by Gasteiger charge is 2.30. The number of esters is 1. The highest BCUT2D eigenvalue weighted by atomic mass is 32.2. The summed E-state index contributed by atoms with van der Waals surface area (Å²) in [4.78, 5) is 31.1. The highest BCUT2D eigenvalue weighted by molar-refractivity contribution is 8.18. The molecule has 0 bridgehead atoms. The Kier molecular flexibility index (Phi) is 6.13. The van der Waals surface area contributed by atoms with Crippen molar-refractivity contribution in [3.63, 3.8) is 0 Å². The Morgan fingerprint density at radius 2 is 1.75 bits per heavy atom. The first-order valence-corrected chi connectivity index (χ1v) is 10.6. The standard InChI is InChI=1S/C24H21N3O4S/c1-26-22(28)21(32-24(26)25-17-8-6-16(7-9-17)23(29)31-3)15-19-5-4-14-27(19)18-10-12-20(30-2)13-11-18/h4-15H,1-3H3/b21-15-,25-24?. The number of aliphatic imine (C=N–C) groups is 1. The van der Waals surface area contributed by atoms with Crippen molar-refractivity contribution < 1.29 is 19.1 Å². The van der Waals surface area contributed by atoms with Crippen LogP contribution in [0.25, 0.3) is 11.8 Å². The number of amides is 1. The van der Waals surface area contributed by atoms with E-state index in [-0.39, 0.29) is 5.91 Å². The summed E-state index contributed by atoms with van der Waals surface area (Å²) in [5.41, 5.74) is 2.93. The van der Waals surface area contributed by atoms with Crippen LogP contribution in [0.1, 0.15) is 16.1 Å². The number of nitrogens with zero attached hydrogens (tertiary/aromatic N) is 3. The summed E-state index contributed by atoms with van der Waals surface area (Å²) in [5.74, 6) is 0.253. The maximum Gasteiger partial charge on any atom is 0.337 e. The number of ether oxygens (including phenoxy) is 2. The largest absolute Gasteiger partial charge is 0.497 e. The molecule has 0 saturated carbocycles. The Morgan fingerprint density at radius 1 is 1.03 bits per heavy atom. The molecule has 4 rings (SSSR count). The van der Waals surface area contributed by atoms with Crippen LogP contribution in [0.15, 0.2) is 76.8 Å². The van der Waals surface area contributed by atoms with Gasteiger partial charge in [0.05, 0.1) is 30.4 Å². The van der Waals surface area contributed by atoms with Crippen LogP contribution in [0, 0.1) is 0 Å². The van der Waals surface area contributed by atoms with Crippen molar-refractivity contribution in [2.24, 2.45) is 4.99 Å². The van der Waals surface area contributed by atoms with Crippen LogP contribution in [0.3, 0.4) is 0 Å². The van der Waals surface area contributed by atoms with E-state index in [1.165, 1.54) is 23.8 Å². The van der Waals surface area contributed by atoms with E-state index in [9.17, 15) is 9.59 Å². The summed E-state index contributed by atoms with van der Waals surface area (Å²) in [5, 5.41) is 0.564. The second-order valence-corrected chi connectivity index (χ2v) is 7.92. The van der Waals surface area contributed by atoms with Crippen LogP contribution in [0.2, 0.25) is 0 Å². The van der Waals surface area contributed by atoms with E-state index < -0.39 is 5.97 Å². The maximum absolute atomic E-state index is 12.8. The third-order valence-corrected chi connectivity index (χ3v) is 5.99. The fourth-order valence-electron chi connectivity index (χ4n) is 3.18. The van der Waals surface area contributed by atoms with Gasteiger partial charge in [-0.1, -0.05) is 0 Å². The molecule has 1 aromatic heterocycles. The van der Waals surface area contributed by atoms with Crippen LogP contribution in [0.4, 0.5) is 5.69 Å². The SMILES string of the molecule is COC(=O)c1ccc(N=C2S/C(=C\c3cccn3-c3ccc(OC)cc3)C(=O)N2C)cc1. The van der Waals surface area contributed by atoms with E-state index in [0.717, 1.165) is 17.1 Å². The highest BCUT2D eigenvalue weighted by Crippen LogP contribution is 2.33. The molecule has 0 aliphatic carbocycles. The Labute approximate surface area is 190 Å². The third-order valence-electron chi connectivity index (χ3n) is 4.93. The summed E-state index contributed by atoms with van der Waals surface area (Å²) >= 11 is 1.31. The first-order chi connectivity index (χ1) is 15.5. The van der Waals surface area contributed by atoms with Crippen molar-refractivity contribution >= 4 is 40.6 Å². The molecule has 0 N–H and O–H groups in total. The van der Waals surface area contributed by atoms with Gasteiger partial charge in [0.2, 0.25) is 0 Å². The first-order valence-electron chi connectivity index (χ1n) is 9.76. The summed E-state index contributed by atoms with van der Waals surface area (Å²) in [6.07, 6.45) is 3.80. The predicted octanol–water partition coefficient (Wildman–Crippen LogP) is 4.51. The van der Waals surface area contributed by atoms with E-state index in [0.29, 0.717) is 21.3 Å². The number of hydrogen-bond acceptors (Lipinski definition) is 6. The second kappa shape index (κ2) is 9.15. The van der Waals surface area contributed by atoms with Crippen molar-refractivity contribution in [2.45, 2.75) is 0 Å². The van der Waals surface area contributed by atoms with Gasteiger partial charge in [-0.25, -0.2) is 9.79 Å². The number of methoxy groups -OCH3 is 2. The first kappa shape index (κ1) is 21.5. The smallest absolute Gasteiger partial charge is 0.337 e. The minimum atomic E-state index is -0.406. The van der Waals surface area contributed by atoms with Crippen LogP contribution in [-0.4, -0.2) is 47.8 Å². The molecule has 1 aliphatic rings. The number of rotatable bonds is 5.